The molecule has 5 rings (SSSR count). The molecule has 41 heavy (non-hydrogen) atoms. The molecule has 4 aromatic carbocycles. The SMILES string of the molecule is N#Cc1ccc(CN(OC(=O)c2cc3ccc(-c4ccc(Cl)cc4)cc3o2)[C@@H](Cc2ccc(O)cc2)C(=O)O)cc1. The van der Waals surface area contributed by atoms with Crippen LogP contribution in [0.2, 0.25) is 5.02 Å². The van der Waals surface area contributed by atoms with E-state index in [9.17, 15) is 19.8 Å². The number of nitriles is 1. The number of hydroxylamine groups is 2. The van der Waals surface area contributed by atoms with Crippen molar-refractivity contribution >= 4 is 34.5 Å². The first-order valence-electron chi connectivity index (χ1n) is 12.6. The molecule has 1 aromatic heterocycles. The molecule has 0 saturated carbocycles. The van der Waals surface area contributed by atoms with Crippen molar-refractivity contribution in [2.45, 2.75) is 19.0 Å². The number of aromatic hydroxyl groups is 1. The third-order valence-corrected chi connectivity index (χ3v) is 6.77. The number of phenols is 1. The van der Waals surface area contributed by atoms with Gasteiger partial charge in [-0.15, -0.1) is 5.06 Å². The van der Waals surface area contributed by atoms with Crippen molar-refractivity contribution in [3.05, 3.63) is 125 Å². The molecule has 1 atom stereocenters. The predicted octanol–water partition coefficient (Wildman–Crippen LogP) is 6.60. The molecule has 0 aliphatic carbocycles. The Kier molecular flexibility index (Phi) is 8.01. The summed E-state index contributed by atoms with van der Waals surface area (Å²) in [5.74, 6) is -2.12. The number of nitrogens with zero attached hydrogens (tertiary/aromatic N) is 2. The second-order valence-electron chi connectivity index (χ2n) is 9.36. The van der Waals surface area contributed by atoms with E-state index in [1.54, 1.807) is 60.7 Å². The molecule has 0 aliphatic rings. The summed E-state index contributed by atoms with van der Waals surface area (Å²) in [6, 6.07) is 27.8. The summed E-state index contributed by atoms with van der Waals surface area (Å²) >= 11 is 6.00. The molecule has 1 heterocycles. The van der Waals surface area contributed by atoms with E-state index >= 15 is 0 Å². The Morgan fingerprint density at radius 2 is 1.56 bits per heavy atom. The third kappa shape index (κ3) is 6.56. The fourth-order valence-corrected chi connectivity index (χ4v) is 4.47. The van der Waals surface area contributed by atoms with Gasteiger partial charge >= 0.3 is 11.9 Å². The molecule has 0 unspecified atom stereocenters. The summed E-state index contributed by atoms with van der Waals surface area (Å²) in [4.78, 5) is 31.4. The smallest absolute Gasteiger partial charge is 0.393 e. The van der Waals surface area contributed by atoms with Crippen molar-refractivity contribution in [1.29, 1.82) is 5.26 Å². The molecule has 0 fully saturated rings. The number of rotatable bonds is 9. The number of fused-ring (bicyclic) bond motifs is 1. The third-order valence-electron chi connectivity index (χ3n) is 6.52. The van der Waals surface area contributed by atoms with Crippen molar-refractivity contribution in [3.8, 4) is 22.9 Å². The summed E-state index contributed by atoms with van der Waals surface area (Å²) in [7, 11) is 0. The highest BCUT2D eigenvalue weighted by atomic mass is 35.5. The lowest BCUT2D eigenvalue weighted by atomic mass is 10.0. The Balaban J connectivity index is 1.43. The average molecular weight is 567 g/mol. The fraction of sp³-hybridized carbons (Fsp3) is 0.0938. The van der Waals surface area contributed by atoms with Crippen LogP contribution in [-0.2, 0) is 22.6 Å². The van der Waals surface area contributed by atoms with Gasteiger partial charge in [0.05, 0.1) is 18.2 Å². The highest BCUT2D eigenvalue weighted by molar-refractivity contribution is 6.30. The van der Waals surface area contributed by atoms with Crippen LogP contribution < -0.4 is 0 Å². The molecule has 2 N–H and O–H groups in total. The van der Waals surface area contributed by atoms with Gasteiger partial charge in [0.25, 0.3) is 0 Å². The van der Waals surface area contributed by atoms with Crippen LogP contribution in [0.3, 0.4) is 0 Å². The van der Waals surface area contributed by atoms with Crippen molar-refractivity contribution < 1.29 is 29.1 Å². The second-order valence-corrected chi connectivity index (χ2v) is 9.79. The van der Waals surface area contributed by atoms with E-state index < -0.39 is 18.0 Å². The highest BCUT2D eigenvalue weighted by Crippen LogP contribution is 2.28. The van der Waals surface area contributed by atoms with Crippen LogP contribution in [0.5, 0.6) is 5.75 Å². The number of phenolic OH excluding ortho intramolecular Hbond substituents is 1. The van der Waals surface area contributed by atoms with Crippen molar-refractivity contribution in [1.82, 2.24) is 5.06 Å². The zero-order chi connectivity index (χ0) is 28.9. The first-order chi connectivity index (χ1) is 19.8. The van der Waals surface area contributed by atoms with Gasteiger partial charge in [0, 0.05) is 16.8 Å². The number of carbonyl (C=O) groups excluding carboxylic acids is 1. The lowest BCUT2D eigenvalue weighted by molar-refractivity contribution is -0.175. The van der Waals surface area contributed by atoms with E-state index in [2.05, 4.69) is 0 Å². The number of carboxylic acids is 1. The number of carbonyl (C=O) groups is 2. The topological polar surface area (TPSA) is 124 Å². The number of benzene rings is 4. The van der Waals surface area contributed by atoms with E-state index in [0.717, 1.165) is 16.2 Å². The van der Waals surface area contributed by atoms with E-state index in [-0.39, 0.29) is 24.5 Å². The van der Waals surface area contributed by atoms with E-state index in [0.29, 0.717) is 32.7 Å². The molecule has 0 saturated heterocycles. The number of hydrogen-bond donors (Lipinski definition) is 2. The zero-order valence-corrected chi connectivity index (χ0v) is 22.3. The Morgan fingerprint density at radius 1 is 0.902 bits per heavy atom. The quantitative estimate of drug-likeness (QED) is 0.191. The van der Waals surface area contributed by atoms with Crippen LogP contribution in [0.15, 0.2) is 101 Å². The van der Waals surface area contributed by atoms with Gasteiger partial charge in [-0.05, 0) is 70.8 Å². The Bertz CT molecular complexity index is 1740. The van der Waals surface area contributed by atoms with E-state index in [4.69, 9.17) is 26.1 Å². The fourth-order valence-electron chi connectivity index (χ4n) is 4.34. The Morgan fingerprint density at radius 3 is 2.22 bits per heavy atom. The first-order valence-corrected chi connectivity index (χ1v) is 12.9. The molecule has 0 aliphatic heterocycles. The van der Waals surface area contributed by atoms with Crippen molar-refractivity contribution in [3.63, 3.8) is 0 Å². The van der Waals surface area contributed by atoms with Crippen molar-refractivity contribution in [2.24, 2.45) is 0 Å². The Hall–Kier alpha value is -5.10. The van der Waals surface area contributed by atoms with Gasteiger partial charge in [-0.3, -0.25) is 4.79 Å². The zero-order valence-electron chi connectivity index (χ0n) is 21.5. The van der Waals surface area contributed by atoms with Gasteiger partial charge in [0.15, 0.2) is 0 Å². The number of aliphatic carboxylic acids is 1. The normalized spacial score (nSPS) is 11.7. The van der Waals surface area contributed by atoms with E-state index in [1.807, 2.05) is 30.3 Å². The van der Waals surface area contributed by atoms with Crippen LogP contribution in [-0.4, -0.2) is 33.3 Å². The van der Waals surface area contributed by atoms with Gasteiger partial charge in [-0.25, -0.2) is 4.79 Å². The second kappa shape index (κ2) is 12.0. The van der Waals surface area contributed by atoms with Gasteiger partial charge in [0.1, 0.15) is 17.4 Å². The standard InChI is InChI=1S/C32H23ClN2O6/c33-26-11-9-23(10-12-26)24-7-8-25-17-30(40-29(25)16-24)32(39)41-35(19-22-3-1-21(18-34)2-4-22)28(31(37)38)15-20-5-13-27(36)14-6-20/h1-14,16-17,28,36H,15,19H2,(H,37,38)/t28-/m0/s1. The molecular formula is C32H23ClN2O6. The molecule has 0 amide bonds. The summed E-state index contributed by atoms with van der Waals surface area (Å²) in [6.45, 7) is -0.0621. The maximum Gasteiger partial charge on any atom is 0.393 e. The number of carboxylic acid groups (broad SMARTS) is 1. The summed E-state index contributed by atoms with van der Waals surface area (Å²) in [5.41, 5.74) is 3.94. The minimum Gasteiger partial charge on any atom is -0.508 e. The summed E-state index contributed by atoms with van der Waals surface area (Å²) in [6.07, 6.45) is -0.0102. The predicted molar refractivity (Wildman–Crippen MR) is 152 cm³/mol. The van der Waals surface area contributed by atoms with Crippen LogP contribution >= 0.6 is 11.6 Å². The first kappa shape index (κ1) is 27.5. The largest absolute Gasteiger partial charge is 0.508 e. The van der Waals surface area contributed by atoms with Crippen LogP contribution in [0, 0.1) is 11.3 Å². The minimum absolute atomic E-state index is 0.0102. The molecule has 5 aromatic rings. The van der Waals surface area contributed by atoms with Gasteiger partial charge < -0.3 is 19.5 Å². The maximum absolute atomic E-state index is 13.3. The molecule has 204 valence electrons. The molecule has 0 bridgehead atoms. The van der Waals surface area contributed by atoms with Crippen LogP contribution in [0.1, 0.15) is 27.2 Å². The van der Waals surface area contributed by atoms with Crippen LogP contribution in [0.25, 0.3) is 22.1 Å². The molecule has 8 nitrogen and oxygen atoms in total. The molecule has 0 spiro atoms. The molecular weight excluding hydrogens is 544 g/mol. The van der Waals surface area contributed by atoms with Gasteiger partial charge in [0.2, 0.25) is 5.76 Å². The molecule has 0 radical (unpaired) electrons. The summed E-state index contributed by atoms with van der Waals surface area (Å²) < 4.78 is 5.83. The average Bonchev–Trinajstić information content (AvgIpc) is 3.41. The highest BCUT2D eigenvalue weighted by Gasteiger charge is 2.31. The van der Waals surface area contributed by atoms with Crippen LogP contribution in [0.4, 0.5) is 0 Å². The lowest BCUT2D eigenvalue weighted by Gasteiger charge is -2.27. The van der Waals surface area contributed by atoms with Gasteiger partial charge in [-0.1, -0.05) is 60.1 Å². The monoisotopic (exact) mass is 566 g/mol. The number of furan rings is 1. The minimum atomic E-state index is -1.26. The Labute approximate surface area is 240 Å². The van der Waals surface area contributed by atoms with E-state index in [1.165, 1.54) is 12.1 Å². The maximum atomic E-state index is 13.3. The molecule has 9 heteroatoms. The van der Waals surface area contributed by atoms with Crippen molar-refractivity contribution in [2.75, 3.05) is 0 Å². The lowest BCUT2D eigenvalue weighted by Crippen LogP contribution is -2.43. The number of halogens is 1. The number of hydrogen-bond acceptors (Lipinski definition) is 7. The summed E-state index contributed by atoms with van der Waals surface area (Å²) in [5, 5.41) is 31.2. The van der Waals surface area contributed by atoms with Gasteiger partial charge in [-0.2, -0.15) is 5.26 Å².